The first-order valence-electron chi connectivity index (χ1n) is 6.70. The van der Waals surface area contributed by atoms with Crippen LogP contribution in [0.3, 0.4) is 0 Å². The molecule has 0 bridgehead atoms. The summed E-state index contributed by atoms with van der Waals surface area (Å²) in [5, 5.41) is 5.08. The summed E-state index contributed by atoms with van der Waals surface area (Å²) >= 11 is 6.24. The van der Waals surface area contributed by atoms with E-state index < -0.39 is 0 Å². The molecule has 0 radical (unpaired) electrons. The Morgan fingerprint density at radius 1 is 1.53 bits per heavy atom. The first-order chi connectivity index (χ1) is 8.24. The average molecular weight is 254 g/mol. The van der Waals surface area contributed by atoms with Crippen LogP contribution in [0.1, 0.15) is 44.3 Å². The average Bonchev–Trinajstić information content (AvgIpc) is 2.66. The predicted molar refractivity (Wildman–Crippen MR) is 68.8 cm³/mol. The second-order valence-electron chi connectivity index (χ2n) is 5.46. The third-order valence-electron chi connectivity index (χ3n) is 4.47. The van der Waals surface area contributed by atoms with Crippen LogP contribution < -0.4 is 5.73 Å². The molecule has 2 fully saturated rings. The Balaban J connectivity index is 1.81. The van der Waals surface area contributed by atoms with Crippen LogP contribution in [0.5, 0.6) is 0 Å². The smallest absolute Gasteiger partial charge is 0.0834 e. The van der Waals surface area contributed by atoms with Crippen molar-refractivity contribution in [2.75, 3.05) is 0 Å². The van der Waals surface area contributed by atoms with Crippen molar-refractivity contribution in [3.8, 4) is 0 Å². The van der Waals surface area contributed by atoms with E-state index in [2.05, 4.69) is 12.0 Å². The van der Waals surface area contributed by atoms with E-state index in [1.807, 2.05) is 4.68 Å². The molecule has 4 heteroatoms. The fraction of sp³-hybridized carbons (Fsp3) is 0.769. The molecule has 2 aliphatic carbocycles. The van der Waals surface area contributed by atoms with Crippen LogP contribution in [-0.2, 0) is 6.54 Å². The highest BCUT2D eigenvalue weighted by molar-refractivity contribution is 6.31. The van der Waals surface area contributed by atoms with Gasteiger partial charge in [0, 0.05) is 6.54 Å². The van der Waals surface area contributed by atoms with Crippen molar-refractivity contribution >= 4 is 11.6 Å². The van der Waals surface area contributed by atoms with Crippen LogP contribution in [0.2, 0.25) is 5.02 Å². The van der Waals surface area contributed by atoms with Gasteiger partial charge in [0.05, 0.1) is 23.0 Å². The van der Waals surface area contributed by atoms with Crippen molar-refractivity contribution in [2.45, 2.75) is 45.2 Å². The molecule has 0 aromatic carbocycles. The van der Waals surface area contributed by atoms with E-state index in [1.54, 1.807) is 6.20 Å². The largest absolute Gasteiger partial charge is 0.322 e. The molecule has 1 aromatic rings. The zero-order valence-corrected chi connectivity index (χ0v) is 11.0. The lowest BCUT2D eigenvalue weighted by Crippen LogP contribution is -2.20. The first-order valence-corrected chi connectivity index (χ1v) is 7.08. The van der Waals surface area contributed by atoms with Gasteiger partial charge < -0.3 is 5.73 Å². The van der Waals surface area contributed by atoms with Crippen LogP contribution in [0.4, 0.5) is 0 Å². The fourth-order valence-electron chi connectivity index (χ4n) is 3.69. The number of aromatic nitrogens is 2. The summed E-state index contributed by atoms with van der Waals surface area (Å²) < 4.78 is 2.00. The van der Waals surface area contributed by atoms with E-state index in [0.717, 1.165) is 35.5 Å². The van der Waals surface area contributed by atoms with Crippen molar-refractivity contribution in [3.05, 3.63) is 16.9 Å². The standard InChI is InChI=1S/C13H20ClN3/c1-2-6-17-13(10(14)7-16-17)12(15)11-8-4-3-5-9(8)11/h7-9,11-12H,2-6,15H2,1H3. The Hall–Kier alpha value is -0.540. The molecule has 3 nitrogen and oxygen atoms in total. The Labute approximate surface area is 107 Å². The summed E-state index contributed by atoms with van der Waals surface area (Å²) in [5.41, 5.74) is 7.48. The molecule has 0 saturated heterocycles. The second kappa shape index (κ2) is 4.29. The van der Waals surface area contributed by atoms with Crippen LogP contribution >= 0.6 is 11.6 Å². The minimum Gasteiger partial charge on any atom is -0.322 e. The molecular weight excluding hydrogens is 234 g/mol. The SMILES string of the molecule is CCCn1ncc(Cl)c1C(N)C1C2CCCC21. The van der Waals surface area contributed by atoms with Crippen LogP contribution in [0.15, 0.2) is 6.20 Å². The maximum absolute atomic E-state index is 6.42. The van der Waals surface area contributed by atoms with Crippen molar-refractivity contribution < 1.29 is 0 Å². The maximum atomic E-state index is 6.42. The molecule has 0 aliphatic heterocycles. The summed E-state index contributed by atoms with van der Waals surface area (Å²) in [7, 11) is 0. The van der Waals surface area contributed by atoms with Crippen LogP contribution in [-0.4, -0.2) is 9.78 Å². The summed E-state index contributed by atoms with van der Waals surface area (Å²) in [6, 6.07) is 0.0897. The third kappa shape index (κ3) is 1.80. The quantitative estimate of drug-likeness (QED) is 0.897. The topological polar surface area (TPSA) is 43.8 Å². The second-order valence-corrected chi connectivity index (χ2v) is 5.87. The maximum Gasteiger partial charge on any atom is 0.0834 e. The number of hydrogen-bond donors (Lipinski definition) is 1. The van der Waals surface area contributed by atoms with Crippen LogP contribution in [0, 0.1) is 17.8 Å². The number of aryl methyl sites for hydroxylation is 1. The zero-order chi connectivity index (χ0) is 12.0. The predicted octanol–water partition coefficient (Wildman–Crippen LogP) is 2.99. The fourth-order valence-corrected chi connectivity index (χ4v) is 3.95. The minimum absolute atomic E-state index is 0.0897. The summed E-state index contributed by atoms with van der Waals surface area (Å²) in [4.78, 5) is 0. The van der Waals surface area contributed by atoms with Gasteiger partial charge in [0.15, 0.2) is 0 Å². The Kier molecular flexibility index (Phi) is 2.91. The van der Waals surface area contributed by atoms with Gasteiger partial charge in [-0.15, -0.1) is 0 Å². The number of hydrogen-bond acceptors (Lipinski definition) is 2. The molecule has 0 amide bonds. The van der Waals surface area contributed by atoms with Crippen LogP contribution in [0.25, 0.3) is 0 Å². The van der Waals surface area contributed by atoms with Crippen molar-refractivity contribution in [1.29, 1.82) is 0 Å². The lowest BCUT2D eigenvalue weighted by atomic mass is 10.0. The molecule has 3 atom stereocenters. The van der Waals surface area contributed by atoms with Gasteiger partial charge in [0.2, 0.25) is 0 Å². The Morgan fingerprint density at radius 2 is 2.24 bits per heavy atom. The normalized spacial score (nSPS) is 32.5. The third-order valence-corrected chi connectivity index (χ3v) is 4.76. The summed E-state index contributed by atoms with van der Waals surface area (Å²) in [6.45, 7) is 3.06. The highest BCUT2D eigenvalue weighted by atomic mass is 35.5. The van der Waals surface area contributed by atoms with Gasteiger partial charge in [-0.3, -0.25) is 4.68 Å². The molecular formula is C13H20ClN3. The molecule has 2 aliphatic rings. The van der Waals surface area contributed by atoms with Gasteiger partial charge in [-0.25, -0.2) is 0 Å². The minimum atomic E-state index is 0.0897. The number of fused-ring (bicyclic) bond motifs is 1. The van der Waals surface area contributed by atoms with E-state index in [0.29, 0.717) is 5.92 Å². The van der Waals surface area contributed by atoms with Gasteiger partial charge in [-0.2, -0.15) is 5.10 Å². The van der Waals surface area contributed by atoms with E-state index in [4.69, 9.17) is 17.3 Å². The molecule has 3 unspecified atom stereocenters. The molecule has 2 N–H and O–H groups in total. The monoisotopic (exact) mass is 253 g/mol. The molecule has 17 heavy (non-hydrogen) atoms. The molecule has 0 spiro atoms. The van der Waals surface area contributed by atoms with Crippen molar-refractivity contribution in [2.24, 2.45) is 23.5 Å². The summed E-state index contributed by atoms with van der Waals surface area (Å²) in [6.07, 6.45) is 6.92. The lowest BCUT2D eigenvalue weighted by molar-refractivity contribution is 0.457. The highest BCUT2D eigenvalue weighted by Crippen LogP contribution is 2.61. The lowest BCUT2D eigenvalue weighted by Gasteiger charge is -2.16. The van der Waals surface area contributed by atoms with Crippen molar-refractivity contribution in [3.63, 3.8) is 0 Å². The Morgan fingerprint density at radius 3 is 2.88 bits per heavy atom. The van der Waals surface area contributed by atoms with Gasteiger partial charge in [0.1, 0.15) is 0 Å². The first kappa shape index (κ1) is 11.5. The molecule has 3 rings (SSSR count). The van der Waals surface area contributed by atoms with Gasteiger partial charge >= 0.3 is 0 Å². The van der Waals surface area contributed by atoms with Gasteiger partial charge in [-0.1, -0.05) is 24.9 Å². The van der Waals surface area contributed by atoms with Gasteiger partial charge in [-0.05, 0) is 37.0 Å². The molecule has 1 heterocycles. The molecule has 2 saturated carbocycles. The number of nitrogens with two attached hydrogens (primary N) is 1. The number of nitrogens with zero attached hydrogens (tertiary/aromatic N) is 2. The molecule has 94 valence electrons. The van der Waals surface area contributed by atoms with Crippen molar-refractivity contribution in [1.82, 2.24) is 9.78 Å². The van der Waals surface area contributed by atoms with Gasteiger partial charge in [0.25, 0.3) is 0 Å². The van der Waals surface area contributed by atoms with E-state index in [9.17, 15) is 0 Å². The number of rotatable bonds is 4. The van der Waals surface area contributed by atoms with E-state index in [1.165, 1.54) is 19.3 Å². The van der Waals surface area contributed by atoms with E-state index >= 15 is 0 Å². The molecule has 1 aromatic heterocycles. The zero-order valence-electron chi connectivity index (χ0n) is 10.3. The van der Waals surface area contributed by atoms with E-state index in [-0.39, 0.29) is 6.04 Å². The summed E-state index contributed by atoms with van der Waals surface area (Å²) in [5.74, 6) is 2.39. The Bertz CT molecular complexity index is 405. The highest BCUT2D eigenvalue weighted by Gasteiger charge is 2.56. The number of halogens is 1.